The minimum absolute atomic E-state index is 0.207. The van der Waals surface area contributed by atoms with Gasteiger partial charge in [0.05, 0.1) is 15.2 Å². The van der Waals surface area contributed by atoms with Crippen LogP contribution in [0.3, 0.4) is 0 Å². The lowest BCUT2D eigenvalue weighted by Crippen LogP contribution is -2.00. The molecule has 4 nitrogen and oxygen atoms in total. The van der Waals surface area contributed by atoms with Crippen molar-refractivity contribution in [2.24, 2.45) is 0 Å². The van der Waals surface area contributed by atoms with Gasteiger partial charge in [-0.3, -0.25) is 0 Å². The van der Waals surface area contributed by atoms with E-state index < -0.39 is 0 Å². The van der Waals surface area contributed by atoms with E-state index in [1.54, 1.807) is 6.20 Å². The third kappa shape index (κ3) is 2.87. The van der Waals surface area contributed by atoms with Crippen LogP contribution in [0.4, 0.5) is 17.5 Å². The van der Waals surface area contributed by atoms with Crippen LogP contribution in [0.5, 0.6) is 0 Å². The van der Waals surface area contributed by atoms with Crippen molar-refractivity contribution in [3.8, 4) is 0 Å². The van der Waals surface area contributed by atoms with E-state index in [9.17, 15) is 0 Å². The van der Waals surface area contributed by atoms with Crippen molar-refractivity contribution >= 4 is 45.0 Å². The third-order valence-electron chi connectivity index (χ3n) is 2.14. The van der Waals surface area contributed by atoms with Crippen LogP contribution in [-0.4, -0.2) is 9.97 Å². The molecule has 1 aromatic heterocycles. The molecule has 0 saturated carbocycles. The molecule has 0 fully saturated rings. The molecular weight excluding hydrogens is 304 g/mol. The molecule has 2 aromatic rings. The van der Waals surface area contributed by atoms with Gasteiger partial charge in [0, 0.05) is 6.20 Å². The van der Waals surface area contributed by atoms with Gasteiger partial charge in [0.2, 0.25) is 5.95 Å². The van der Waals surface area contributed by atoms with Gasteiger partial charge in [-0.15, -0.1) is 0 Å². The first kappa shape index (κ1) is 12.1. The normalized spacial score (nSPS) is 10.3. The Morgan fingerprint density at radius 1 is 1.41 bits per heavy atom. The molecule has 0 amide bonds. The number of nitrogens with zero attached hydrogens (tertiary/aromatic N) is 2. The van der Waals surface area contributed by atoms with Gasteiger partial charge in [0.15, 0.2) is 0 Å². The van der Waals surface area contributed by atoms with Crippen molar-refractivity contribution in [3.63, 3.8) is 0 Å². The van der Waals surface area contributed by atoms with Crippen LogP contribution < -0.4 is 11.1 Å². The molecule has 0 atom stereocenters. The van der Waals surface area contributed by atoms with Crippen LogP contribution in [0.1, 0.15) is 5.56 Å². The monoisotopic (exact) mass is 312 g/mol. The van der Waals surface area contributed by atoms with Gasteiger partial charge >= 0.3 is 0 Å². The molecule has 0 saturated heterocycles. The van der Waals surface area contributed by atoms with Crippen LogP contribution in [0.2, 0.25) is 5.02 Å². The summed E-state index contributed by atoms with van der Waals surface area (Å²) in [6.45, 7) is 1.98. The maximum Gasteiger partial charge on any atom is 0.222 e. The standard InChI is InChI=1S/C11H10BrClN4/c1-6-2-3-9(8(13)4-6)16-10-7(12)5-15-11(14)17-10/h2-5H,1H3,(H3,14,15,16,17). The number of nitrogens with two attached hydrogens (primary N) is 1. The second-order valence-corrected chi connectivity index (χ2v) is 4.79. The van der Waals surface area contributed by atoms with Gasteiger partial charge in [-0.05, 0) is 40.5 Å². The Hall–Kier alpha value is -1.33. The summed E-state index contributed by atoms with van der Waals surface area (Å²) in [6, 6.07) is 5.73. The van der Waals surface area contributed by atoms with Crippen molar-refractivity contribution in [3.05, 3.63) is 39.5 Å². The van der Waals surface area contributed by atoms with E-state index >= 15 is 0 Å². The Balaban J connectivity index is 2.34. The fourth-order valence-corrected chi connectivity index (χ4v) is 1.89. The summed E-state index contributed by atoms with van der Waals surface area (Å²) in [5, 5.41) is 3.73. The van der Waals surface area contributed by atoms with E-state index in [-0.39, 0.29) is 5.95 Å². The van der Waals surface area contributed by atoms with Crippen molar-refractivity contribution in [1.29, 1.82) is 0 Å². The first-order chi connectivity index (χ1) is 8.06. The Morgan fingerprint density at radius 3 is 2.88 bits per heavy atom. The summed E-state index contributed by atoms with van der Waals surface area (Å²) in [6.07, 6.45) is 1.59. The minimum atomic E-state index is 0.207. The third-order valence-corrected chi connectivity index (χ3v) is 3.03. The molecule has 0 aliphatic carbocycles. The number of nitrogen functional groups attached to an aromatic ring is 1. The summed E-state index contributed by atoms with van der Waals surface area (Å²) in [7, 11) is 0. The largest absolute Gasteiger partial charge is 0.368 e. The van der Waals surface area contributed by atoms with Crippen LogP contribution in [0.15, 0.2) is 28.9 Å². The predicted octanol–water partition coefficient (Wildman–Crippen LogP) is 3.53. The van der Waals surface area contributed by atoms with Crippen molar-refractivity contribution in [1.82, 2.24) is 9.97 Å². The lowest BCUT2D eigenvalue weighted by molar-refractivity contribution is 1.17. The van der Waals surface area contributed by atoms with Crippen LogP contribution in [0, 0.1) is 6.92 Å². The summed E-state index contributed by atoms with van der Waals surface area (Å²) in [4.78, 5) is 7.95. The molecule has 1 heterocycles. The van der Waals surface area contributed by atoms with Crippen molar-refractivity contribution < 1.29 is 0 Å². The van der Waals surface area contributed by atoms with Crippen molar-refractivity contribution in [2.75, 3.05) is 11.1 Å². The van der Waals surface area contributed by atoms with E-state index in [4.69, 9.17) is 17.3 Å². The average molecular weight is 314 g/mol. The SMILES string of the molecule is Cc1ccc(Nc2nc(N)ncc2Br)c(Cl)c1. The van der Waals surface area contributed by atoms with Crippen LogP contribution in [0.25, 0.3) is 0 Å². The summed E-state index contributed by atoms with van der Waals surface area (Å²) in [5.74, 6) is 0.794. The fraction of sp³-hybridized carbons (Fsp3) is 0.0909. The Kier molecular flexibility index (Phi) is 3.49. The second-order valence-electron chi connectivity index (χ2n) is 3.53. The maximum atomic E-state index is 6.12. The van der Waals surface area contributed by atoms with E-state index in [1.165, 1.54) is 0 Å². The quantitative estimate of drug-likeness (QED) is 0.890. The van der Waals surface area contributed by atoms with E-state index in [1.807, 2.05) is 25.1 Å². The highest BCUT2D eigenvalue weighted by molar-refractivity contribution is 9.10. The molecule has 1 aromatic carbocycles. The fourth-order valence-electron chi connectivity index (χ4n) is 1.32. The first-order valence-electron chi connectivity index (χ1n) is 4.87. The average Bonchev–Trinajstić information content (AvgIpc) is 2.27. The first-order valence-corrected chi connectivity index (χ1v) is 6.04. The molecule has 0 aliphatic heterocycles. The highest BCUT2D eigenvalue weighted by Crippen LogP contribution is 2.28. The predicted molar refractivity (Wildman–Crippen MR) is 73.6 cm³/mol. The smallest absolute Gasteiger partial charge is 0.222 e. The Labute approximate surface area is 112 Å². The molecule has 0 aliphatic rings. The summed E-state index contributed by atoms with van der Waals surface area (Å²) >= 11 is 9.46. The van der Waals surface area contributed by atoms with E-state index in [0.717, 1.165) is 15.7 Å². The minimum Gasteiger partial charge on any atom is -0.368 e. The number of benzene rings is 1. The second kappa shape index (κ2) is 4.89. The Morgan fingerprint density at radius 2 is 2.18 bits per heavy atom. The molecule has 17 heavy (non-hydrogen) atoms. The van der Waals surface area contributed by atoms with Gasteiger partial charge in [0.25, 0.3) is 0 Å². The number of halogens is 2. The molecule has 0 bridgehead atoms. The lowest BCUT2D eigenvalue weighted by atomic mass is 10.2. The number of rotatable bonds is 2. The number of nitrogens with one attached hydrogen (secondary N) is 1. The zero-order chi connectivity index (χ0) is 12.4. The molecule has 3 N–H and O–H groups in total. The highest BCUT2D eigenvalue weighted by atomic mass is 79.9. The summed E-state index contributed by atoms with van der Waals surface area (Å²) in [5.41, 5.74) is 7.40. The zero-order valence-corrected chi connectivity index (χ0v) is 11.4. The molecule has 0 unspecified atom stereocenters. The number of aromatic nitrogens is 2. The van der Waals surface area contributed by atoms with Gasteiger partial charge in [0.1, 0.15) is 5.82 Å². The number of anilines is 3. The van der Waals surface area contributed by atoms with Crippen LogP contribution in [-0.2, 0) is 0 Å². The van der Waals surface area contributed by atoms with Gasteiger partial charge < -0.3 is 11.1 Å². The summed E-state index contributed by atoms with van der Waals surface area (Å²) < 4.78 is 0.725. The van der Waals surface area contributed by atoms with Crippen LogP contribution >= 0.6 is 27.5 Å². The van der Waals surface area contributed by atoms with Crippen molar-refractivity contribution in [2.45, 2.75) is 6.92 Å². The molecule has 2 rings (SSSR count). The van der Waals surface area contributed by atoms with E-state index in [0.29, 0.717) is 10.8 Å². The Bertz CT molecular complexity index is 559. The zero-order valence-electron chi connectivity index (χ0n) is 9.04. The molecule has 0 spiro atoms. The maximum absolute atomic E-state index is 6.12. The molecule has 6 heteroatoms. The lowest BCUT2D eigenvalue weighted by Gasteiger charge is -2.09. The molecule has 0 radical (unpaired) electrons. The number of hydrogen-bond donors (Lipinski definition) is 2. The topological polar surface area (TPSA) is 63.8 Å². The van der Waals surface area contributed by atoms with Gasteiger partial charge in [-0.2, -0.15) is 4.98 Å². The van der Waals surface area contributed by atoms with Gasteiger partial charge in [-0.1, -0.05) is 17.7 Å². The molecule has 88 valence electrons. The number of aryl methyl sites for hydroxylation is 1. The van der Waals surface area contributed by atoms with Gasteiger partial charge in [-0.25, -0.2) is 4.98 Å². The van der Waals surface area contributed by atoms with E-state index in [2.05, 4.69) is 31.2 Å². The number of hydrogen-bond acceptors (Lipinski definition) is 4. The molecular formula is C11H10BrClN4. The highest BCUT2D eigenvalue weighted by Gasteiger charge is 2.06.